The van der Waals surface area contributed by atoms with Crippen molar-refractivity contribution in [3.8, 4) is 0 Å². The van der Waals surface area contributed by atoms with Gasteiger partial charge in [0.1, 0.15) is 5.02 Å². The Morgan fingerprint density at radius 1 is 1.53 bits per heavy atom. The van der Waals surface area contributed by atoms with Gasteiger partial charge in [-0.1, -0.05) is 18.5 Å². The molecule has 0 saturated heterocycles. The van der Waals surface area contributed by atoms with E-state index in [9.17, 15) is 14.9 Å². The molecular weight excluding hydrogens is 244 g/mol. The van der Waals surface area contributed by atoms with Crippen LogP contribution in [0.4, 0.5) is 5.69 Å². The first-order chi connectivity index (χ1) is 7.97. The molecule has 0 aliphatic rings. The van der Waals surface area contributed by atoms with E-state index in [0.717, 1.165) is 6.42 Å². The average molecular weight is 257 g/mol. The Morgan fingerprint density at radius 3 is 2.71 bits per heavy atom. The maximum absolute atomic E-state index is 11.9. The fraction of sp³-hybridized carbons (Fsp3) is 0.364. The van der Waals surface area contributed by atoms with Crippen LogP contribution in [0.5, 0.6) is 0 Å². The van der Waals surface area contributed by atoms with Crippen LogP contribution >= 0.6 is 11.6 Å². The van der Waals surface area contributed by atoms with Crippen molar-refractivity contribution >= 4 is 23.2 Å². The number of amides is 1. The highest BCUT2D eigenvalue weighted by Crippen LogP contribution is 2.25. The van der Waals surface area contributed by atoms with Gasteiger partial charge in [0.15, 0.2) is 0 Å². The van der Waals surface area contributed by atoms with Crippen molar-refractivity contribution in [1.82, 2.24) is 4.90 Å². The predicted molar refractivity (Wildman–Crippen MR) is 65.4 cm³/mol. The molecule has 0 heterocycles. The first kappa shape index (κ1) is 13.4. The molecule has 0 aliphatic heterocycles. The van der Waals surface area contributed by atoms with E-state index in [1.54, 1.807) is 7.05 Å². The van der Waals surface area contributed by atoms with Gasteiger partial charge in [0, 0.05) is 25.2 Å². The second kappa shape index (κ2) is 5.63. The van der Waals surface area contributed by atoms with Crippen LogP contribution in [0, 0.1) is 10.1 Å². The number of halogens is 1. The molecule has 0 bridgehead atoms. The molecule has 1 rings (SSSR count). The highest BCUT2D eigenvalue weighted by atomic mass is 35.5. The number of hydrogen-bond donors (Lipinski definition) is 0. The summed E-state index contributed by atoms with van der Waals surface area (Å²) in [6.45, 7) is 2.56. The van der Waals surface area contributed by atoms with Crippen molar-refractivity contribution in [3.63, 3.8) is 0 Å². The Balaban J connectivity index is 3.03. The van der Waals surface area contributed by atoms with E-state index in [1.165, 1.54) is 23.1 Å². The smallest absolute Gasteiger partial charge is 0.288 e. The van der Waals surface area contributed by atoms with Crippen molar-refractivity contribution in [2.45, 2.75) is 13.3 Å². The number of carbonyl (C=O) groups is 1. The third-order valence-electron chi connectivity index (χ3n) is 2.30. The largest absolute Gasteiger partial charge is 0.342 e. The van der Waals surface area contributed by atoms with Crippen LogP contribution in [-0.2, 0) is 0 Å². The van der Waals surface area contributed by atoms with Crippen molar-refractivity contribution in [2.24, 2.45) is 0 Å². The average Bonchev–Trinajstić information content (AvgIpc) is 2.28. The molecule has 0 aliphatic carbocycles. The molecule has 1 aromatic rings. The van der Waals surface area contributed by atoms with E-state index in [0.29, 0.717) is 6.54 Å². The molecule has 1 aromatic carbocycles. The van der Waals surface area contributed by atoms with E-state index >= 15 is 0 Å². The van der Waals surface area contributed by atoms with Gasteiger partial charge in [-0.25, -0.2) is 0 Å². The van der Waals surface area contributed by atoms with Crippen LogP contribution in [-0.4, -0.2) is 29.3 Å². The highest BCUT2D eigenvalue weighted by Gasteiger charge is 2.18. The van der Waals surface area contributed by atoms with E-state index in [1.807, 2.05) is 6.92 Å². The molecular formula is C11H13ClN2O3. The van der Waals surface area contributed by atoms with Crippen LogP contribution in [0.2, 0.25) is 5.02 Å². The molecule has 0 unspecified atom stereocenters. The second-order valence-electron chi connectivity index (χ2n) is 3.65. The summed E-state index contributed by atoms with van der Waals surface area (Å²) in [6, 6.07) is 4.06. The van der Waals surface area contributed by atoms with Crippen molar-refractivity contribution in [1.29, 1.82) is 0 Å². The number of nitro benzene ring substituents is 1. The molecule has 92 valence electrons. The summed E-state index contributed by atoms with van der Waals surface area (Å²) in [4.78, 5) is 23.5. The van der Waals surface area contributed by atoms with E-state index < -0.39 is 4.92 Å². The number of rotatable bonds is 4. The minimum Gasteiger partial charge on any atom is -0.342 e. The summed E-state index contributed by atoms with van der Waals surface area (Å²) in [6.07, 6.45) is 0.831. The molecule has 0 fully saturated rings. The normalized spacial score (nSPS) is 10.1. The van der Waals surface area contributed by atoms with Crippen LogP contribution in [0.15, 0.2) is 18.2 Å². The highest BCUT2D eigenvalue weighted by molar-refractivity contribution is 6.32. The Bertz CT molecular complexity index is 448. The lowest BCUT2D eigenvalue weighted by Crippen LogP contribution is -2.27. The molecule has 5 nitrogen and oxygen atoms in total. The topological polar surface area (TPSA) is 63.5 Å². The summed E-state index contributed by atoms with van der Waals surface area (Å²) in [5.74, 6) is -0.244. The van der Waals surface area contributed by atoms with Crippen LogP contribution in [0.25, 0.3) is 0 Å². The SMILES string of the molecule is CCCN(C)C(=O)c1ccc(Cl)c([N+](=O)[O-])c1. The Labute approximate surface area is 104 Å². The Kier molecular flexibility index (Phi) is 4.45. The minimum absolute atomic E-state index is 0.0321. The molecule has 0 saturated carbocycles. The van der Waals surface area contributed by atoms with Gasteiger partial charge in [0.05, 0.1) is 4.92 Å². The van der Waals surface area contributed by atoms with E-state index in [2.05, 4.69) is 0 Å². The minimum atomic E-state index is -0.598. The first-order valence-electron chi connectivity index (χ1n) is 5.16. The first-order valence-corrected chi connectivity index (χ1v) is 5.54. The summed E-state index contributed by atoms with van der Waals surface area (Å²) >= 11 is 5.67. The summed E-state index contributed by atoms with van der Waals surface area (Å²) in [5, 5.41) is 10.7. The van der Waals surface area contributed by atoms with Crippen molar-refractivity contribution in [2.75, 3.05) is 13.6 Å². The monoisotopic (exact) mass is 256 g/mol. The van der Waals surface area contributed by atoms with E-state index in [-0.39, 0.29) is 22.2 Å². The number of hydrogen-bond acceptors (Lipinski definition) is 3. The summed E-state index contributed by atoms with van der Waals surface area (Å²) < 4.78 is 0. The third-order valence-corrected chi connectivity index (χ3v) is 2.62. The third kappa shape index (κ3) is 3.17. The van der Waals surface area contributed by atoms with Gasteiger partial charge in [-0.3, -0.25) is 14.9 Å². The quantitative estimate of drug-likeness (QED) is 0.615. The van der Waals surface area contributed by atoms with Gasteiger partial charge in [-0.2, -0.15) is 0 Å². The zero-order chi connectivity index (χ0) is 13.0. The molecule has 0 radical (unpaired) electrons. The van der Waals surface area contributed by atoms with Gasteiger partial charge >= 0.3 is 0 Å². The van der Waals surface area contributed by atoms with Crippen LogP contribution in [0.3, 0.4) is 0 Å². The maximum Gasteiger partial charge on any atom is 0.288 e. The van der Waals surface area contributed by atoms with Crippen LogP contribution < -0.4 is 0 Å². The lowest BCUT2D eigenvalue weighted by molar-refractivity contribution is -0.384. The zero-order valence-corrected chi connectivity index (χ0v) is 10.4. The van der Waals surface area contributed by atoms with E-state index in [4.69, 9.17) is 11.6 Å². The number of nitrogens with zero attached hydrogens (tertiary/aromatic N) is 2. The standard InChI is InChI=1S/C11H13ClN2O3/c1-3-6-13(2)11(15)8-4-5-9(12)10(7-8)14(16)17/h4-5,7H,3,6H2,1-2H3. The number of benzene rings is 1. The molecule has 0 spiro atoms. The molecule has 0 aromatic heterocycles. The van der Waals surface area contributed by atoms with Crippen molar-refractivity contribution < 1.29 is 9.72 Å². The zero-order valence-electron chi connectivity index (χ0n) is 9.64. The van der Waals surface area contributed by atoms with Gasteiger partial charge in [-0.15, -0.1) is 0 Å². The molecule has 17 heavy (non-hydrogen) atoms. The van der Waals surface area contributed by atoms with Gasteiger partial charge in [-0.05, 0) is 18.6 Å². The number of carbonyl (C=O) groups excluding carboxylic acids is 1. The van der Waals surface area contributed by atoms with Crippen LogP contribution in [0.1, 0.15) is 23.7 Å². The Hall–Kier alpha value is -1.62. The number of nitro groups is 1. The lowest BCUT2D eigenvalue weighted by atomic mass is 10.1. The fourth-order valence-electron chi connectivity index (χ4n) is 1.44. The fourth-order valence-corrected chi connectivity index (χ4v) is 1.63. The second-order valence-corrected chi connectivity index (χ2v) is 4.06. The van der Waals surface area contributed by atoms with Gasteiger partial charge < -0.3 is 4.90 Å². The van der Waals surface area contributed by atoms with Crippen molar-refractivity contribution in [3.05, 3.63) is 38.9 Å². The molecule has 0 atom stereocenters. The van der Waals surface area contributed by atoms with Gasteiger partial charge in [0.25, 0.3) is 11.6 Å². The molecule has 0 N–H and O–H groups in total. The predicted octanol–water partition coefficient (Wildman–Crippen LogP) is 2.73. The molecule has 1 amide bonds. The molecule has 6 heteroatoms. The lowest BCUT2D eigenvalue weighted by Gasteiger charge is -2.15. The summed E-state index contributed by atoms with van der Waals surface area (Å²) in [5.41, 5.74) is 0.0273. The Morgan fingerprint density at radius 2 is 2.18 bits per heavy atom. The van der Waals surface area contributed by atoms with Gasteiger partial charge in [0.2, 0.25) is 0 Å². The summed E-state index contributed by atoms with van der Waals surface area (Å²) in [7, 11) is 1.66. The maximum atomic E-state index is 11.9.